The first kappa shape index (κ1) is 7.21. The molecule has 1 heterocycles. The Balaban J connectivity index is 2.67. The van der Waals surface area contributed by atoms with E-state index >= 15 is 0 Å². The van der Waals surface area contributed by atoms with Gasteiger partial charge in [0.2, 0.25) is 0 Å². The second-order valence-corrected chi connectivity index (χ2v) is 2.97. The number of aliphatic carboxylic acids is 1. The summed E-state index contributed by atoms with van der Waals surface area (Å²) in [4.78, 5) is 14.0. The molecule has 0 aromatic carbocycles. The molecule has 0 radical (unpaired) electrons. The van der Waals surface area contributed by atoms with Gasteiger partial charge in [-0.15, -0.1) is 11.3 Å². The Hall–Kier alpha value is -0.900. The highest BCUT2D eigenvalue weighted by Crippen LogP contribution is 2.07. The van der Waals surface area contributed by atoms with Crippen LogP contribution in [0.2, 0.25) is 0 Å². The third-order valence-electron chi connectivity index (χ3n) is 0.992. The van der Waals surface area contributed by atoms with Crippen LogP contribution in [-0.4, -0.2) is 11.0 Å². The van der Waals surface area contributed by atoms with Gasteiger partial charge < -0.3 is 9.90 Å². The van der Waals surface area contributed by atoms with Crippen molar-refractivity contribution in [2.45, 2.75) is 13.3 Å². The molecule has 4 heteroatoms. The molecule has 0 atom stereocenters. The van der Waals surface area contributed by atoms with E-state index in [1.807, 2.05) is 6.92 Å². The number of thiazole rings is 1. The number of aryl methyl sites for hydroxylation is 1. The van der Waals surface area contributed by atoms with E-state index in [1.54, 1.807) is 5.38 Å². The Bertz CT molecular complexity index is 244. The third kappa shape index (κ3) is 1.80. The number of carbonyl (C=O) groups excluding carboxylic acids is 1. The largest absolute Gasteiger partial charge is 0.550 e. The lowest BCUT2D eigenvalue weighted by Gasteiger charge is -1.94. The average molecular weight is 156 g/mol. The number of nitrogens with zero attached hydrogens (tertiary/aromatic N) is 1. The van der Waals surface area contributed by atoms with Gasteiger partial charge in [-0.25, -0.2) is 4.98 Å². The lowest BCUT2D eigenvalue weighted by Crippen LogP contribution is -2.24. The molecular weight excluding hydrogens is 150 g/mol. The van der Waals surface area contributed by atoms with E-state index in [2.05, 4.69) is 4.98 Å². The molecule has 0 spiro atoms. The second-order valence-electron chi connectivity index (χ2n) is 1.91. The maximum Gasteiger partial charge on any atom is 0.0897 e. The van der Waals surface area contributed by atoms with Gasteiger partial charge in [-0.2, -0.15) is 0 Å². The quantitative estimate of drug-likeness (QED) is 0.593. The predicted octanol–water partition coefficient (Wildman–Crippen LogP) is -0.256. The van der Waals surface area contributed by atoms with E-state index in [-0.39, 0.29) is 6.42 Å². The molecule has 0 bridgehead atoms. The molecule has 0 saturated carbocycles. The van der Waals surface area contributed by atoms with Crippen molar-refractivity contribution in [1.29, 1.82) is 0 Å². The minimum Gasteiger partial charge on any atom is -0.550 e. The molecule has 1 rings (SSSR count). The van der Waals surface area contributed by atoms with Gasteiger partial charge >= 0.3 is 0 Å². The van der Waals surface area contributed by atoms with Crippen LogP contribution in [0.25, 0.3) is 0 Å². The van der Waals surface area contributed by atoms with E-state index in [9.17, 15) is 9.90 Å². The number of carbonyl (C=O) groups is 1. The molecule has 10 heavy (non-hydrogen) atoms. The van der Waals surface area contributed by atoms with Crippen LogP contribution in [0.1, 0.15) is 10.7 Å². The van der Waals surface area contributed by atoms with Crippen LogP contribution >= 0.6 is 11.3 Å². The Kier molecular flexibility index (Phi) is 2.01. The van der Waals surface area contributed by atoms with Crippen LogP contribution < -0.4 is 5.11 Å². The van der Waals surface area contributed by atoms with Gasteiger partial charge in [-0.1, -0.05) is 0 Å². The van der Waals surface area contributed by atoms with Crippen LogP contribution in [0.4, 0.5) is 0 Å². The van der Waals surface area contributed by atoms with E-state index in [0.717, 1.165) is 5.01 Å². The van der Waals surface area contributed by atoms with Crippen LogP contribution in [0.5, 0.6) is 0 Å². The molecule has 0 aliphatic carbocycles. The SMILES string of the molecule is Cc1nc(CC(=O)[O-])cs1. The fraction of sp³-hybridized carbons (Fsp3) is 0.333. The molecular formula is C6H6NO2S-. The van der Waals surface area contributed by atoms with Crippen LogP contribution in [0.3, 0.4) is 0 Å². The lowest BCUT2D eigenvalue weighted by molar-refractivity contribution is -0.304. The van der Waals surface area contributed by atoms with E-state index in [1.165, 1.54) is 11.3 Å². The summed E-state index contributed by atoms with van der Waals surface area (Å²) in [5.74, 6) is -1.08. The Morgan fingerprint density at radius 3 is 3.00 bits per heavy atom. The van der Waals surface area contributed by atoms with Crippen LogP contribution in [0, 0.1) is 6.92 Å². The van der Waals surface area contributed by atoms with Crippen molar-refractivity contribution in [2.75, 3.05) is 0 Å². The summed E-state index contributed by atoms with van der Waals surface area (Å²) in [7, 11) is 0. The van der Waals surface area contributed by atoms with E-state index in [4.69, 9.17) is 0 Å². The molecule has 0 unspecified atom stereocenters. The highest BCUT2D eigenvalue weighted by molar-refractivity contribution is 7.09. The minimum absolute atomic E-state index is 0.0790. The van der Waals surface area contributed by atoms with Gasteiger partial charge in [0.1, 0.15) is 0 Å². The van der Waals surface area contributed by atoms with Crippen molar-refractivity contribution in [3.63, 3.8) is 0 Å². The third-order valence-corrected chi connectivity index (χ3v) is 1.81. The molecule has 0 aliphatic heterocycles. The zero-order valence-corrected chi connectivity index (χ0v) is 6.27. The average Bonchev–Trinajstić information content (AvgIpc) is 2.13. The number of carboxylic acid groups (broad SMARTS) is 1. The highest BCUT2D eigenvalue weighted by Gasteiger charge is 1.96. The maximum absolute atomic E-state index is 10.0. The summed E-state index contributed by atoms with van der Waals surface area (Å²) in [6.45, 7) is 1.84. The Morgan fingerprint density at radius 1 is 1.90 bits per heavy atom. The molecule has 0 fully saturated rings. The summed E-state index contributed by atoms with van der Waals surface area (Å²) >= 11 is 1.44. The van der Waals surface area contributed by atoms with Crippen molar-refractivity contribution in [2.24, 2.45) is 0 Å². The molecule has 54 valence electrons. The standard InChI is InChI=1S/C6H7NO2S/c1-4-7-5(3-10-4)2-6(8)9/h3H,2H2,1H3,(H,8,9)/p-1. The van der Waals surface area contributed by atoms with Gasteiger partial charge in [-0.3, -0.25) is 0 Å². The van der Waals surface area contributed by atoms with Crippen molar-refractivity contribution in [3.05, 3.63) is 16.1 Å². The minimum atomic E-state index is -1.08. The normalized spacial score (nSPS) is 9.70. The molecule has 3 nitrogen and oxygen atoms in total. The Labute approximate surface area is 62.3 Å². The van der Waals surface area contributed by atoms with Crippen molar-refractivity contribution >= 4 is 17.3 Å². The number of hydrogen-bond donors (Lipinski definition) is 0. The summed E-state index contributed by atoms with van der Waals surface area (Å²) in [6.07, 6.45) is -0.0790. The summed E-state index contributed by atoms with van der Waals surface area (Å²) in [5, 5.41) is 12.6. The van der Waals surface area contributed by atoms with Crippen LogP contribution in [0.15, 0.2) is 5.38 Å². The zero-order chi connectivity index (χ0) is 7.56. The van der Waals surface area contributed by atoms with Crippen molar-refractivity contribution < 1.29 is 9.90 Å². The molecule has 0 saturated heterocycles. The summed E-state index contributed by atoms with van der Waals surface area (Å²) in [6, 6.07) is 0. The number of rotatable bonds is 2. The second kappa shape index (κ2) is 2.79. The summed E-state index contributed by atoms with van der Waals surface area (Å²) < 4.78 is 0. The van der Waals surface area contributed by atoms with E-state index < -0.39 is 5.97 Å². The Morgan fingerprint density at radius 2 is 2.60 bits per heavy atom. The molecule has 1 aromatic rings. The van der Waals surface area contributed by atoms with Gasteiger partial charge in [0.15, 0.2) is 0 Å². The molecule has 0 N–H and O–H groups in total. The predicted molar refractivity (Wildman–Crippen MR) is 35.6 cm³/mol. The van der Waals surface area contributed by atoms with E-state index in [0.29, 0.717) is 5.69 Å². The first-order valence-corrected chi connectivity index (χ1v) is 3.67. The lowest BCUT2D eigenvalue weighted by atomic mass is 10.3. The first-order chi connectivity index (χ1) is 4.68. The van der Waals surface area contributed by atoms with Crippen molar-refractivity contribution in [1.82, 2.24) is 4.98 Å². The number of aromatic nitrogens is 1. The molecule has 0 aliphatic rings. The fourth-order valence-electron chi connectivity index (χ4n) is 0.637. The highest BCUT2D eigenvalue weighted by atomic mass is 32.1. The van der Waals surface area contributed by atoms with Gasteiger partial charge in [0, 0.05) is 17.8 Å². The van der Waals surface area contributed by atoms with Gasteiger partial charge in [0.25, 0.3) is 0 Å². The molecule has 1 aromatic heterocycles. The summed E-state index contributed by atoms with van der Waals surface area (Å²) in [5.41, 5.74) is 0.586. The zero-order valence-electron chi connectivity index (χ0n) is 5.46. The number of carboxylic acids is 1. The number of hydrogen-bond acceptors (Lipinski definition) is 4. The van der Waals surface area contributed by atoms with Crippen LogP contribution in [-0.2, 0) is 11.2 Å². The first-order valence-electron chi connectivity index (χ1n) is 2.79. The van der Waals surface area contributed by atoms with Gasteiger partial charge in [-0.05, 0) is 6.92 Å². The topological polar surface area (TPSA) is 53.0 Å². The molecule has 0 amide bonds. The maximum atomic E-state index is 10.0. The monoisotopic (exact) mass is 156 g/mol. The smallest absolute Gasteiger partial charge is 0.0897 e. The van der Waals surface area contributed by atoms with Gasteiger partial charge in [0.05, 0.1) is 10.7 Å². The fourth-order valence-corrected chi connectivity index (χ4v) is 1.25. The van der Waals surface area contributed by atoms with Crippen molar-refractivity contribution in [3.8, 4) is 0 Å².